The number of hydrogen-bond acceptors (Lipinski definition) is 12. The molecule has 15 nitrogen and oxygen atoms in total. The summed E-state index contributed by atoms with van der Waals surface area (Å²) in [7, 11) is 0. The van der Waals surface area contributed by atoms with E-state index in [0.717, 1.165) is 77.8 Å². The standard InChI is InChI=1S/C57H76N8O7S/c1-39-52(73-38-61-39)43-29-27-42(28-30-43)36-60-55(70)47-33-44(66)37-65(47)56(71)53(57(2,3)4)62-51(69)22-16-14-12-10-8-6-5-7-9-11-13-15-21-50(68)59-35-41-25-23-40(24-26-41)31-32-72-49-34-46(63-64-54(49)58)45-19-17-18-20-48(45)67/h17-20,23-30,34,38,44,47,53,66-67H,5-16,21-22,31-33,35-37H2,1-4H3,(H2,58,64)(H,59,68)(H,60,70)(H,62,69)/t44-,47+,53-/m1/s1. The number of carbonyl (C=O) groups excluding carboxylic acids is 4. The van der Waals surface area contributed by atoms with Gasteiger partial charge >= 0.3 is 0 Å². The highest BCUT2D eigenvalue weighted by atomic mass is 32.1. The highest BCUT2D eigenvalue weighted by Gasteiger charge is 2.44. The number of aromatic nitrogens is 3. The molecule has 73 heavy (non-hydrogen) atoms. The molecule has 4 amide bonds. The minimum atomic E-state index is -0.836. The van der Waals surface area contributed by atoms with Crippen molar-refractivity contribution >= 4 is 40.8 Å². The zero-order valence-corrected chi connectivity index (χ0v) is 44.0. The quantitative estimate of drug-likeness (QED) is 0.0259. The molecule has 16 heteroatoms. The van der Waals surface area contributed by atoms with Crippen molar-refractivity contribution in [3.63, 3.8) is 0 Å². The van der Waals surface area contributed by atoms with Gasteiger partial charge in [0.2, 0.25) is 23.6 Å². The number of thiazole rings is 1. The number of hydrogen-bond donors (Lipinski definition) is 6. The number of phenolic OH excluding ortho intramolecular Hbond substituents is 1. The van der Waals surface area contributed by atoms with Crippen molar-refractivity contribution in [1.82, 2.24) is 36.0 Å². The summed E-state index contributed by atoms with van der Waals surface area (Å²) < 4.78 is 5.91. The molecule has 0 saturated carbocycles. The Morgan fingerprint density at radius 1 is 0.781 bits per heavy atom. The van der Waals surface area contributed by atoms with Crippen LogP contribution < -0.4 is 26.4 Å². The van der Waals surface area contributed by atoms with Crippen molar-refractivity contribution in [2.75, 3.05) is 18.9 Å². The van der Waals surface area contributed by atoms with Crippen molar-refractivity contribution in [2.24, 2.45) is 5.41 Å². The number of carbonyl (C=O) groups is 4. The number of ether oxygens (including phenoxy) is 1. The van der Waals surface area contributed by atoms with E-state index in [1.807, 2.05) is 87.8 Å². The predicted octanol–water partition coefficient (Wildman–Crippen LogP) is 9.37. The van der Waals surface area contributed by atoms with Gasteiger partial charge in [0, 0.05) is 56.9 Å². The molecule has 2 aromatic heterocycles. The molecule has 3 heterocycles. The largest absolute Gasteiger partial charge is 0.507 e. The summed E-state index contributed by atoms with van der Waals surface area (Å²) in [6.07, 6.45) is 13.7. The summed E-state index contributed by atoms with van der Waals surface area (Å²) in [6, 6.07) is 23.0. The number of β-amino-alcohol motifs (C(OH)–C–C–N with tert-alkyl or cyclic N) is 1. The van der Waals surface area contributed by atoms with Crippen LogP contribution in [-0.4, -0.2) is 85.3 Å². The molecule has 0 spiro atoms. The van der Waals surface area contributed by atoms with Crippen LogP contribution in [0.5, 0.6) is 11.5 Å². The van der Waals surface area contributed by atoms with Crippen LogP contribution in [0.1, 0.15) is 139 Å². The Bertz CT molecular complexity index is 2550. The first-order valence-electron chi connectivity index (χ1n) is 26.1. The Morgan fingerprint density at radius 2 is 1.36 bits per heavy atom. The average Bonchev–Trinajstić information content (AvgIpc) is 4.00. The fourth-order valence-corrected chi connectivity index (χ4v) is 9.88. The molecule has 3 aromatic carbocycles. The molecule has 0 bridgehead atoms. The summed E-state index contributed by atoms with van der Waals surface area (Å²) >= 11 is 1.59. The number of amides is 4. The molecular weight excluding hydrogens is 941 g/mol. The van der Waals surface area contributed by atoms with Gasteiger partial charge in [-0.2, -0.15) is 0 Å². The number of nitrogen functional groups attached to an aromatic ring is 1. The molecule has 5 aromatic rings. The van der Waals surface area contributed by atoms with Gasteiger partial charge in [0.25, 0.3) is 0 Å². The lowest BCUT2D eigenvalue weighted by Crippen LogP contribution is -2.57. The van der Waals surface area contributed by atoms with Gasteiger partial charge < -0.3 is 41.5 Å². The summed E-state index contributed by atoms with van der Waals surface area (Å²) in [4.78, 5) is 60.0. The van der Waals surface area contributed by atoms with Crippen molar-refractivity contribution in [1.29, 1.82) is 0 Å². The number of phenols is 1. The number of anilines is 1. The molecule has 0 unspecified atom stereocenters. The van der Waals surface area contributed by atoms with Gasteiger partial charge in [0.05, 0.1) is 28.8 Å². The van der Waals surface area contributed by atoms with E-state index in [9.17, 15) is 29.4 Å². The Kier molecular flexibility index (Phi) is 21.6. The topological polar surface area (TPSA) is 222 Å². The van der Waals surface area contributed by atoms with Gasteiger partial charge in [-0.1, -0.05) is 146 Å². The number of likely N-dealkylation sites (tertiary alicyclic amines) is 1. The lowest BCUT2D eigenvalue weighted by atomic mass is 9.85. The molecule has 1 fully saturated rings. The van der Waals surface area contributed by atoms with Gasteiger partial charge in [0.1, 0.15) is 23.5 Å². The fraction of sp³-hybridized carbons (Fsp3) is 0.491. The molecule has 1 saturated heterocycles. The van der Waals surface area contributed by atoms with Crippen LogP contribution in [0.4, 0.5) is 5.82 Å². The molecule has 392 valence electrons. The van der Waals surface area contributed by atoms with Crippen molar-refractivity contribution < 1.29 is 34.1 Å². The Labute approximate surface area is 435 Å². The first-order chi connectivity index (χ1) is 35.2. The SMILES string of the molecule is Cc1ncsc1-c1ccc(CNC(=O)[C@@H]2C[C@@H](O)CN2C(=O)[C@@H](NC(=O)CCCCCCCCCCCCCCC(=O)NCc2ccc(CCOc3cc(-c4ccccc4O)nnc3N)cc2)C(C)(C)C)cc1. The fourth-order valence-electron chi connectivity index (χ4n) is 9.07. The molecule has 3 atom stereocenters. The molecule has 6 rings (SSSR count). The molecule has 0 radical (unpaired) electrons. The maximum Gasteiger partial charge on any atom is 0.246 e. The van der Waals surface area contributed by atoms with Crippen LogP contribution >= 0.6 is 11.3 Å². The Hall–Kier alpha value is -6.39. The van der Waals surface area contributed by atoms with E-state index in [1.165, 1.54) is 37.0 Å². The third-order valence-electron chi connectivity index (χ3n) is 13.4. The maximum absolute atomic E-state index is 14.0. The molecule has 7 N–H and O–H groups in total. The smallest absolute Gasteiger partial charge is 0.246 e. The number of benzene rings is 3. The maximum atomic E-state index is 14.0. The second kappa shape index (κ2) is 28.2. The van der Waals surface area contributed by atoms with E-state index in [-0.39, 0.29) is 54.7 Å². The van der Waals surface area contributed by atoms with Crippen LogP contribution in [0.15, 0.2) is 84.4 Å². The minimum absolute atomic E-state index is 0.0408. The second-order valence-electron chi connectivity index (χ2n) is 20.4. The summed E-state index contributed by atoms with van der Waals surface area (Å²) in [6.45, 7) is 8.89. The predicted molar refractivity (Wildman–Crippen MR) is 287 cm³/mol. The van der Waals surface area contributed by atoms with Gasteiger partial charge in [-0.3, -0.25) is 19.2 Å². The third-order valence-corrected chi connectivity index (χ3v) is 14.4. The zero-order valence-electron chi connectivity index (χ0n) is 43.2. The normalized spacial score (nSPS) is 14.9. The van der Waals surface area contributed by atoms with Crippen LogP contribution in [0, 0.1) is 12.3 Å². The zero-order chi connectivity index (χ0) is 52.2. The van der Waals surface area contributed by atoms with Gasteiger partial charge in [-0.25, -0.2) is 4.98 Å². The number of aliphatic hydroxyl groups excluding tert-OH is 1. The number of aliphatic hydroxyl groups is 1. The Morgan fingerprint density at radius 3 is 1.96 bits per heavy atom. The average molecular weight is 1020 g/mol. The number of aryl methyl sites for hydroxylation is 1. The van der Waals surface area contributed by atoms with Crippen molar-refractivity contribution in [2.45, 2.75) is 162 Å². The van der Waals surface area contributed by atoms with E-state index >= 15 is 0 Å². The highest BCUT2D eigenvalue weighted by Crippen LogP contribution is 2.32. The van der Waals surface area contributed by atoms with Gasteiger partial charge in [0.15, 0.2) is 11.6 Å². The minimum Gasteiger partial charge on any atom is -0.507 e. The van der Waals surface area contributed by atoms with E-state index in [1.54, 1.807) is 35.6 Å². The van der Waals surface area contributed by atoms with Crippen LogP contribution in [0.3, 0.4) is 0 Å². The number of aromatic hydroxyl groups is 1. The van der Waals surface area contributed by atoms with Gasteiger partial charge in [-0.05, 0) is 59.6 Å². The van der Waals surface area contributed by atoms with Crippen LogP contribution in [0.2, 0.25) is 0 Å². The number of unbranched alkanes of at least 4 members (excludes halogenated alkanes) is 11. The number of nitrogens with one attached hydrogen (secondary N) is 3. The summed E-state index contributed by atoms with van der Waals surface area (Å²) in [5.74, 6) is -0.0841. The number of para-hydroxylation sites is 1. The van der Waals surface area contributed by atoms with E-state index in [0.29, 0.717) is 49.4 Å². The second-order valence-corrected chi connectivity index (χ2v) is 21.2. The molecular formula is C57H76N8O7S. The highest BCUT2D eigenvalue weighted by molar-refractivity contribution is 7.13. The van der Waals surface area contributed by atoms with E-state index in [4.69, 9.17) is 10.5 Å². The van der Waals surface area contributed by atoms with E-state index < -0.39 is 23.6 Å². The monoisotopic (exact) mass is 1020 g/mol. The lowest BCUT2D eigenvalue weighted by molar-refractivity contribution is -0.144. The Balaban J connectivity index is 0.758. The van der Waals surface area contributed by atoms with Crippen LogP contribution in [0.25, 0.3) is 21.7 Å². The van der Waals surface area contributed by atoms with E-state index in [2.05, 4.69) is 31.1 Å². The lowest BCUT2D eigenvalue weighted by Gasteiger charge is -2.35. The van der Waals surface area contributed by atoms with Crippen LogP contribution in [-0.2, 0) is 38.7 Å². The summed E-state index contributed by atoms with van der Waals surface area (Å²) in [5.41, 5.74) is 13.3. The van der Waals surface area contributed by atoms with Gasteiger partial charge in [-0.15, -0.1) is 21.5 Å². The molecule has 0 aliphatic carbocycles. The summed E-state index contributed by atoms with van der Waals surface area (Å²) in [5, 5.41) is 37.8. The number of nitrogens with two attached hydrogens (primary N) is 1. The molecule has 1 aliphatic heterocycles. The van der Waals surface area contributed by atoms with Crippen molar-refractivity contribution in [3.8, 4) is 33.2 Å². The molecule has 1 aliphatic rings. The van der Waals surface area contributed by atoms with Crippen molar-refractivity contribution in [3.05, 3.63) is 107 Å². The first-order valence-corrected chi connectivity index (χ1v) is 27.0. The third kappa shape index (κ3) is 17.7. The number of rotatable bonds is 28. The first kappa shape index (κ1) is 55.9. The number of nitrogens with zero attached hydrogens (tertiary/aromatic N) is 4.